The molecule has 0 bridgehead atoms. The molecule has 0 spiro atoms. The van der Waals surface area contributed by atoms with Crippen molar-refractivity contribution >= 4 is 0 Å². The molecule has 3 nitrogen and oxygen atoms in total. The summed E-state index contributed by atoms with van der Waals surface area (Å²) in [6, 6.07) is 4.53. The number of hydrogen-bond acceptors (Lipinski definition) is 1. The molecule has 2 heterocycles. The highest BCUT2D eigenvalue weighted by atomic mass is 16.3. The molecule has 1 atom stereocenters. The van der Waals surface area contributed by atoms with Gasteiger partial charge in [-0.25, -0.2) is 0 Å². The molecule has 1 aromatic heterocycles. The summed E-state index contributed by atoms with van der Waals surface area (Å²) in [5.41, 5.74) is 4.06. The predicted molar refractivity (Wildman–Crippen MR) is 58.3 cm³/mol. The van der Waals surface area contributed by atoms with Gasteiger partial charge in [0.2, 0.25) is 0 Å². The van der Waals surface area contributed by atoms with Crippen LogP contribution in [0.3, 0.4) is 0 Å². The van der Waals surface area contributed by atoms with E-state index in [-0.39, 0.29) is 0 Å². The van der Waals surface area contributed by atoms with E-state index >= 15 is 0 Å². The van der Waals surface area contributed by atoms with E-state index in [0.29, 0.717) is 6.04 Å². The standard InChI is InChI=1S/C12H20N2O/c1-10-4-6-14(7-5-10)11(9-13)12-3-2-8-15-12/h2-3,8,10-11H,4-7,9,13H2,1H3/p+2/t11-/m0/s1. The summed E-state index contributed by atoms with van der Waals surface area (Å²) in [7, 11) is 0. The van der Waals surface area contributed by atoms with Gasteiger partial charge in [-0.05, 0) is 30.9 Å². The van der Waals surface area contributed by atoms with Crippen molar-refractivity contribution in [3.8, 4) is 0 Å². The van der Waals surface area contributed by atoms with E-state index in [0.717, 1.165) is 18.2 Å². The highest BCUT2D eigenvalue weighted by molar-refractivity contribution is 5.01. The average Bonchev–Trinajstić information content (AvgIpc) is 2.75. The smallest absolute Gasteiger partial charge is 0.195 e. The van der Waals surface area contributed by atoms with Crippen molar-refractivity contribution in [3.63, 3.8) is 0 Å². The number of hydrogen-bond donors (Lipinski definition) is 2. The van der Waals surface area contributed by atoms with Gasteiger partial charge in [0.15, 0.2) is 11.8 Å². The van der Waals surface area contributed by atoms with E-state index in [2.05, 4.69) is 18.7 Å². The van der Waals surface area contributed by atoms with Gasteiger partial charge in [-0.2, -0.15) is 0 Å². The molecule has 1 aromatic rings. The monoisotopic (exact) mass is 210 g/mol. The second-order valence-corrected chi connectivity index (χ2v) is 4.70. The fourth-order valence-corrected chi connectivity index (χ4v) is 2.52. The topological polar surface area (TPSA) is 45.2 Å². The molecule has 1 fully saturated rings. The molecule has 0 aromatic carbocycles. The average molecular weight is 210 g/mol. The fourth-order valence-electron chi connectivity index (χ4n) is 2.52. The summed E-state index contributed by atoms with van der Waals surface area (Å²) in [6.45, 7) is 5.81. The molecule has 2 rings (SSSR count). The first-order valence-electron chi connectivity index (χ1n) is 5.98. The number of nitrogens with one attached hydrogen (secondary N) is 1. The van der Waals surface area contributed by atoms with Gasteiger partial charge >= 0.3 is 0 Å². The number of likely N-dealkylation sites (tertiary alicyclic amines) is 1. The predicted octanol–water partition coefficient (Wildman–Crippen LogP) is -0.123. The Morgan fingerprint density at radius 3 is 2.80 bits per heavy atom. The largest absolute Gasteiger partial charge is 0.463 e. The SMILES string of the molecule is CC1CC[NH+]([C@@H](C[NH3+])c2ccco2)CC1. The third-order valence-corrected chi connectivity index (χ3v) is 3.58. The van der Waals surface area contributed by atoms with Crippen LogP contribution in [0.1, 0.15) is 31.6 Å². The fraction of sp³-hybridized carbons (Fsp3) is 0.667. The lowest BCUT2D eigenvalue weighted by atomic mass is 9.97. The first kappa shape index (κ1) is 10.7. The Bertz CT molecular complexity index is 276. The van der Waals surface area contributed by atoms with Gasteiger partial charge in [0.1, 0.15) is 6.54 Å². The van der Waals surface area contributed by atoms with Crippen LogP contribution in [-0.2, 0) is 0 Å². The Balaban J connectivity index is 2.01. The van der Waals surface area contributed by atoms with Crippen LogP contribution < -0.4 is 10.6 Å². The third-order valence-electron chi connectivity index (χ3n) is 3.58. The first-order chi connectivity index (χ1) is 7.31. The van der Waals surface area contributed by atoms with Crippen molar-refractivity contribution in [2.24, 2.45) is 5.92 Å². The second kappa shape index (κ2) is 4.81. The van der Waals surface area contributed by atoms with E-state index in [4.69, 9.17) is 4.42 Å². The lowest BCUT2D eigenvalue weighted by Crippen LogP contribution is -3.14. The molecule has 0 aliphatic carbocycles. The molecule has 0 amide bonds. The Hall–Kier alpha value is -0.800. The van der Waals surface area contributed by atoms with Crippen molar-refractivity contribution in [2.45, 2.75) is 25.8 Å². The van der Waals surface area contributed by atoms with E-state index in [1.54, 1.807) is 11.2 Å². The highest BCUT2D eigenvalue weighted by Gasteiger charge is 2.30. The van der Waals surface area contributed by atoms with Crippen LogP contribution in [0.4, 0.5) is 0 Å². The summed E-state index contributed by atoms with van der Waals surface area (Å²) in [5, 5.41) is 0. The number of furan rings is 1. The van der Waals surface area contributed by atoms with Crippen LogP contribution in [0.5, 0.6) is 0 Å². The molecule has 1 aliphatic heterocycles. The Morgan fingerprint density at radius 2 is 2.27 bits per heavy atom. The normalized spacial score (nSPS) is 28.9. The molecule has 15 heavy (non-hydrogen) atoms. The summed E-state index contributed by atoms with van der Waals surface area (Å²) in [5.74, 6) is 2.00. The lowest BCUT2D eigenvalue weighted by molar-refractivity contribution is -0.944. The molecular formula is C12H22N2O+2. The molecule has 84 valence electrons. The number of piperidine rings is 1. The van der Waals surface area contributed by atoms with E-state index in [9.17, 15) is 0 Å². The molecule has 0 unspecified atom stereocenters. The van der Waals surface area contributed by atoms with Crippen molar-refractivity contribution in [1.82, 2.24) is 0 Å². The highest BCUT2D eigenvalue weighted by Crippen LogP contribution is 2.12. The van der Waals surface area contributed by atoms with Gasteiger partial charge in [-0.3, -0.25) is 0 Å². The van der Waals surface area contributed by atoms with Gasteiger partial charge in [0, 0.05) is 0 Å². The minimum atomic E-state index is 0.465. The summed E-state index contributed by atoms with van der Waals surface area (Å²) < 4.78 is 5.51. The van der Waals surface area contributed by atoms with Crippen molar-refractivity contribution in [2.75, 3.05) is 19.6 Å². The first-order valence-corrected chi connectivity index (χ1v) is 5.98. The maximum Gasteiger partial charge on any atom is 0.195 e. The van der Waals surface area contributed by atoms with E-state index in [1.807, 2.05) is 6.07 Å². The molecule has 0 radical (unpaired) electrons. The van der Waals surface area contributed by atoms with E-state index < -0.39 is 0 Å². The second-order valence-electron chi connectivity index (χ2n) is 4.70. The molecule has 0 saturated carbocycles. The van der Waals surface area contributed by atoms with Crippen LogP contribution in [0.25, 0.3) is 0 Å². The molecule has 1 aliphatic rings. The van der Waals surface area contributed by atoms with Crippen LogP contribution in [-0.4, -0.2) is 19.6 Å². The minimum Gasteiger partial charge on any atom is -0.463 e. The zero-order chi connectivity index (χ0) is 10.7. The summed E-state index contributed by atoms with van der Waals surface area (Å²) in [6.07, 6.45) is 4.45. The Labute approximate surface area is 91.2 Å². The third kappa shape index (κ3) is 2.41. The number of quaternary nitrogens is 2. The zero-order valence-corrected chi connectivity index (χ0v) is 9.54. The van der Waals surface area contributed by atoms with Crippen LogP contribution in [0, 0.1) is 5.92 Å². The van der Waals surface area contributed by atoms with E-state index in [1.165, 1.54) is 25.9 Å². The van der Waals surface area contributed by atoms with Gasteiger partial charge < -0.3 is 15.1 Å². The Kier molecular flexibility index (Phi) is 3.44. The molecule has 3 heteroatoms. The van der Waals surface area contributed by atoms with Crippen molar-refractivity contribution < 1.29 is 15.1 Å². The van der Waals surface area contributed by atoms with Crippen LogP contribution >= 0.6 is 0 Å². The maximum absolute atomic E-state index is 5.51. The van der Waals surface area contributed by atoms with Gasteiger partial charge in [-0.15, -0.1) is 0 Å². The van der Waals surface area contributed by atoms with Gasteiger partial charge in [-0.1, -0.05) is 6.92 Å². The van der Waals surface area contributed by atoms with Crippen molar-refractivity contribution in [1.29, 1.82) is 0 Å². The number of rotatable bonds is 3. The summed E-state index contributed by atoms with van der Waals surface area (Å²) >= 11 is 0. The molecule has 1 saturated heterocycles. The van der Waals surface area contributed by atoms with Gasteiger partial charge in [0.25, 0.3) is 0 Å². The van der Waals surface area contributed by atoms with Gasteiger partial charge in [0.05, 0.1) is 19.4 Å². The minimum absolute atomic E-state index is 0.465. The molecular weight excluding hydrogens is 188 g/mol. The molecule has 4 N–H and O–H groups in total. The lowest BCUT2D eigenvalue weighted by Gasteiger charge is -2.31. The Morgan fingerprint density at radius 1 is 1.53 bits per heavy atom. The van der Waals surface area contributed by atoms with Crippen LogP contribution in [0.2, 0.25) is 0 Å². The quantitative estimate of drug-likeness (QED) is 0.717. The summed E-state index contributed by atoms with van der Waals surface area (Å²) in [4.78, 5) is 1.65. The van der Waals surface area contributed by atoms with Crippen molar-refractivity contribution in [3.05, 3.63) is 24.2 Å². The zero-order valence-electron chi connectivity index (χ0n) is 9.54. The van der Waals surface area contributed by atoms with Crippen LogP contribution in [0.15, 0.2) is 22.8 Å². The maximum atomic E-state index is 5.51.